The minimum Gasteiger partial charge on any atom is -0.508 e. The molecule has 2 aromatic rings. The fourth-order valence-corrected chi connectivity index (χ4v) is 1.87. The Morgan fingerprint density at radius 2 is 2.06 bits per heavy atom. The second-order valence-corrected chi connectivity index (χ2v) is 4.29. The molecule has 0 aliphatic rings. The molecule has 2 rings (SSSR count). The largest absolute Gasteiger partial charge is 0.508 e. The first-order chi connectivity index (χ1) is 8.59. The topological polar surface area (TPSA) is 75.3 Å². The minimum atomic E-state index is -0.427. The molecule has 4 nitrogen and oxygen atoms in total. The number of fused-ring (bicyclic) bond motifs is 1. The first-order valence-electron chi connectivity index (χ1n) is 5.82. The minimum absolute atomic E-state index is 0.220. The molecule has 0 aromatic heterocycles. The molecule has 0 spiro atoms. The summed E-state index contributed by atoms with van der Waals surface area (Å²) in [7, 11) is 0. The van der Waals surface area contributed by atoms with Crippen LogP contribution in [-0.4, -0.2) is 17.1 Å². The molecule has 4 heteroatoms. The summed E-state index contributed by atoms with van der Waals surface area (Å²) in [6, 6.07) is 10.9. The third-order valence-electron chi connectivity index (χ3n) is 3.03. The van der Waals surface area contributed by atoms with E-state index in [1.54, 1.807) is 13.0 Å². The Morgan fingerprint density at radius 3 is 2.78 bits per heavy atom. The lowest BCUT2D eigenvalue weighted by Gasteiger charge is -2.13. The van der Waals surface area contributed by atoms with Crippen molar-refractivity contribution in [3.05, 3.63) is 42.0 Å². The lowest BCUT2D eigenvalue weighted by atomic mass is 10.0. The average molecular weight is 244 g/mol. The molecule has 0 fully saturated rings. The van der Waals surface area contributed by atoms with E-state index in [1.165, 1.54) is 0 Å². The Labute approximate surface area is 105 Å². The van der Waals surface area contributed by atoms with Gasteiger partial charge in [0.05, 0.1) is 6.04 Å². The van der Waals surface area contributed by atoms with E-state index in [1.807, 2.05) is 30.3 Å². The van der Waals surface area contributed by atoms with E-state index < -0.39 is 11.9 Å². The Balaban J connectivity index is 2.32. The Bertz CT molecular complexity index is 581. The highest BCUT2D eigenvalue weighted by Crippen LogP contribution is 2.26. The fourth-order valence-electron chi connectivity index (χ4n) is 1.87. The molecule has 1 unspecified atom stereocenters. The van der Waals surface area contributed by atoms with Crippen LogP contribution in [0.5, 0.6) is 5.75 Å². The van der Waals surface area contributed by atoms with E-state index >= 15 is 0 Å². The average Bonchev–Trinajstić information content (AvgIpc) is 2.37. The van der Waals surface area contributed by atoms with Gasteiger partial charge in [-0.3, -0.25) is 4.79 Å². The number of carbonyl (C=O) groups is 1. The van der Waals surface area contributed by atoms with Crippen molar-refractivity contribution in [1.29, 1.82) is 0 Å². The van der Waals surface area contributed by atoms with Crippen molar-refractivity contribution in [2.75, 3.05) is 0 Å². The first kappa shape index (κ1) is 12.4. The van der Waals surface area contributed by atoms with Gasteiger partial charge in [-0.2, -0.15) is 0 Å². The van der Waals surface area contributed by atoms with Crippen LogP contribution in [0.25, 0.3) is 10.8 Å². The maximum Gasteiger partial charge on any atom is 0.234 e. The van der Waals surface area contributed by atoms with Gasteiger partial charge in [-0.15, -0.1) is 0 Å². The van der Waals surface area contributed by atoms with Crippen molar-refractivity contribution in [1.82, 2.24) is 5.32 Å². The summed E-state index contributed by atoms with van der Waals surface area (Å²) in [5.41, 5.74) is 5.97. The van der Waals surface area contributed by atoms with Crippen molar-refractivity contribution >= 4 is 16.7 Å². The number of phenolic OH excluding ortho intramolecular Hbond substituents is 1. The van der Waals surface area contributed by atoms with E-state index in [-0.39, 0.29) is 5.75 Å². The summed E-state index contributed by atoms with van der Waals surface area (Å²) >= 11 is 0. The SMILES string of the molecule is CC(NCc1c(O)ccc2ccccc12)C(N)=O. The highest BCUT2D eigenvalue weighted by atomic mass is 16.3. The van der Waals surface area contributed by atoms with Gasteiger partial charge in [-0.25, -0.2) is 0 Å². The van der Waals surface area contributed by atoms with Gasteiger partial charge in [0.15, 0.2) is 0 Å². The zero-order valence-corrected chi connectivity index (χ0v) is 10.2. The Morgan fingerprint density at radius 1 is 1.33 bits per heavy atom. The maximum absolute atomic E-state index is 11.0. The van der Waals surface area contributed by atoms with Gasteiger partial charge < -0.3 is 16.2 Å². The number of rotatable bonds is 4. The molecule has 0 aliphatic carbocycles. The van der Waals surface area contributed by atoms with Crippen LogP contribution in [0.4, 0.5) is 0 Å². The van der Waals surface area contributed by atoms with Crippen LogP contribution in [0.15, 0.2) is 36.4 Å². The molecule has 2 aromatic carbocycles. The number of primary amides is 1. The molecule has 18 heavy (non-hydrogen) atoms. The van der Waals surface area contributed by atoms with Crippen LogP contribution in [-0.2, 0) is 11.3 Å². The molecule has 0 aliphatic heterocycles. The number of benzene rings is 2. The van der Waals surface area contributed by atoms with Crippen LogP contribution in [0.3, 0.4) is 0 Å². The van der Waals surface area contributed by atoms with Crippen molar-refractivity contribution in [2.45, 2.75) is 19.5 Å². The monoisotopic (exact) mass is 244 g/mol. The third kappa shape index (κ3) is 2.43. The molecule has 0 radical (unpaired) electrons. The van der Waals surface area contributed by atoms with Gasteiger partial charge in [0.25, 0.3) is 0 Å². The lowest BCUT2D eigenvalue weighted by Crippen LogP contribution is -2.38. The number of nitrogens with one attached hydrogen (secondary N) is 1. The van der Waals surface area contributed by atoms with Crippen molar-refractivity contribution in [3.8, 4) is 5.75 Å². The summed E-state index contributed by atoms with van der Waals surface area (Å²) < 4.78 is 0. The van der Waals surface area contributed by atoms with Gasteiger partial charge in [0, 0.05) is 12.1 Å². The molecule has 4 N–H and O–H groups in total. The third-order valence-corrected chi connectivity index (χ3v) is 3.03. The number of nitrogens with two attached hydrogens (primary N) is 1. The molecular weight excluding hydrogens is 228 g/mol. The van der Waals surface area contributed by atoms with Crippen molar-refractivity contribution < 1.29 is 9.90 Å². The molecule has 0 bridgehead atoms. The van der Waals surface area contributed by atoms with Gasteiger partial charge in [0.1, 0.15) is 5.75 Å². The van der Waals surface area contributed by atoms with Crippen LogP contribution in [0, 0.1) is 0 Å². The zero-order chi connectivity index (χ0) is 13.1. The number of hydrogen-bond donors (Lipinski definition) is 3. The molecule has 94 valence electrons. The van der Waals surface area contributed by atoms with E-state index in [9.17, 15) is 9.90 Å². The number of hydrogen-bond acceptors (Lipinski definition) is 3. The van der Waals surface area contributed by atoms with E-state index in [0.29, 0.717) is 6.54 Å². The molecule has 1 amide bonds. The number of carbonyl (C=O) groups excluding carboxylic acids is 1. The van der Waals surface area contributed by atoms with Crippen LogP contribution in [0.2, 0.25) is 0 Å². The summed E-state index contributed by atoms with van der Waals surface area (Å²) in [5.74, 6) is -0.187. The highest BCUT2D eigenvalue weighted by molar-refractivity contribution is 5.87. The van der Waals surface area contributed by atoms with Gasteiger partial charge in [0.2, 0.25) is 5.91 Å². The predicted molar refractivity (Wildman–Crippen MR) is 71.1 cm³/mol. The maximum atomic E-state index is 11.0. The smallest absolute Gasteiger partial charge is 0.234 e. The number of aromatic hydroxyl groups is 1. The van der Waals surface area contributed by atoms with E-state index in [2.05, 4.69) is 5.32 Å². The summed E-state index contributed by atoms with van der Waals surface area (Å²) in [6.07, 6.45) is 0. The van der Waals surface area contributed by atoms with Crippen LogP contribution >= 0.6 is 0 Å². The van der Waals surface area contributed by atoms with Gasteiger partial charge >= 0.3 is 0 Å². The summed E-state index contributed by atoms with van der Waals surface area (Å²) in [4.78, 5) is 11.0. The molecule has 0 saturated heterocycles. The van der Waals surface area contributed by atoms with Crippen LogP contribution in [0.1, 0.15) is 12.5 Å². The normalized spacial score (nSPS) is 12.5. The van der Waals surface area contributed by atoms with Crippen LogP contribution < -0.4 is 11.1 Å². The Hall–Kier alpha value is -2.07. The fraction of sp³-hybridized carbons (Fsp3) is 0.214. The van der Waals surface area contributed by atoms with Crippen molar-refractivity contribution in [2.24, 2.45) is 5.73 Å². The second-order valence-electron chi connectivity index (χ2n) is 4.29. The first-order valence-corrected chi connectivity index (χ1v) is 5.82. The number of amides is 1. The standard InChI is InChI=1S/C14H16N2O2/c1-9(14(15)18)16-8-12-11-5-3-2-4-10(11)6-7-13(12)17/h2-7,9,16-17H,8H2,1H3,(H2,15,18). The second kappa shape index (κ2) is 5.06. The Kier molecular flexibility index (Phi) is 3.48. The summed E-state index contributed by atoms with van der Waals surface area (Å²) in [6.45, 7) is 2.10. The van der Waals surface area contributed by atoms with E-state index in [4.69, 9.17) is 5.73 Å². The van der Waals surface area contributed by atoms with Crippen molar-refractivity contribution in [3.63, 3.8) is 0 Å². The quantitative estimate of drug-likeness (QED) is 0.763. The lowest BCUT2D eigenvalue weighted by molar-refractivity contribution is -0.119. The summed E-state index contributed by atoms with van der Waals surface area (Å²) in [5, 5.41) is 14.9. The van der Waals surface area contributed by atoms with Gasteiger partial charge in [-0.05, 0) is 23.8 Å². The molecule has 1 atom stereocenters. The molecule has 0 heterocycles. The van der Waals surface area contributed by atoms with Gasteiger partial charge in [-0.1, -0.05) is 30.3 Å². The highest BCUT2D eigenvalue weighted by Gasteiger charge is 2.11. The number of phenols is 1. The predicted octanol–water partition coefficient (Wildman–Crippen LogP) is 1.51. The molecular formula is C14H16N2O2. The zero-order valence-electron chi connectivity index (χ0n) is 10.2. The molecule has 0 saturated carbocycles. The van der Waals surface area contributed by atoms with E-state index in [0.717, 1.165) is 16.3 Å².